The first kappa shape index (κ1) is 16.5. The molecule has 0 saturated carbocycles. The number of hydrogen-bond acceptors (Lipinski definition) is 3. The van der Waals surface area contributed by atoms with Crippen molar-refractivity contribution in [1.82, 2.24) is 0 Å². The molecule has 2 aromatic carbocycles. The van der Waals surface area contributed by atoms with Crippen molar-refractivity contribution >= 4 is 5.69 Å². The SMILES string of the molecule is NC(C#Cc1ccccc1)(c1ccc([N+](=O)[O-])cc1)C(F)(F)F. The van der Waals surface area contributed by atoms with Gasteiger partial charge in [-0.25, -0.2) is 0 Å². The van der Waals surface area contributed by atoms with E-state index in [1.165, 1.54) is 0 Å². The summed E-state index contributed by atoms with van der Waals surface area (Å²) in [4.78, 5) is 9.89. The summed E-state index contributed by atoms with van der Waals surface area (Å²) in [7, 11) is 0. The molecule has 0 heterocycles. The van der Waals surface area contributed by atoms with Crippen molar-refractivity contribution in [3.8, 4) is 11.8 Å². The van der Waals surface area contributed by atoms with E-state index < -0.39 is 16.6 Å². The number of hydrogen-bond donors (Lipinski definition) is 1. The van der Waals surface area contributed by atoms with Crippen LogP contribution < -0.4 is 5.73 Å². The minimum Gasteiger partial charge on any atom is -0.304 e. The van der Waals surface area contributed by atoms with Gasteiger partial charge in [0.25, 0.3) is 5.69 Å². The summed E-state index contributed by atoms with van der Waals surface area (Å²) in [5, 5.41) is 10.6. The lowest BCUT2D eigenvalue weighted by molar-refractivity contribution is -0.384. The van der Waals surface area contributed by atoms with E-state index in [0.29, 0.717) is 5.56 Å². The predicted octanol–water partition coefficient (Wildman–Crippen LogP) is 3.36. The lowest BCUT2D eigenvalue weighted by Crippen LogP contribution is -2.49. The highest BCUT2D eigenvalue weighted by Crippen LogP contribution is 2.37. The Kier molecular flexibility index (Phi) is 4.38. The Balaban J connectivity index is 2.48. The van der Waals surface area contributed by atoms with Gasteiger partial charge >= 0.3 is 6.18 Å². The summed E-state index contributed by atoms with van der Waals surface area (Å²) in [6, 6.07) is 12.0. The van der Waals surface area contributed by atoms with E-state index in [-0.39, 0.29) is 11.3 Å². The van der Waals surface area contributed by atoms with Crippen molar-refractivity contribution in [2.75, 3.05) is 0 Å². The zero-order valence-corrected chi connectivity index (χ0v) is 11.7. The molecule has 0 aliphatic rings. The second kappa shape index (κ2) is 6.10. The standard InChI is InChI=1S/C16H11F3N2O2/c17-16(18,19)15(20,11-10-12-4-2-1-3-5-12)13-6-8-14(9-7-13)21(22)23/h1-9H,20H2. The molecule has 0 fully saturated rings. The normalized spacial score (nSPS) is 13.6. The van der Waals surface area contributed by atoms with Crippen LogP contribution >= 0.6 is 0 Å². The molecule has 0 spiro atoms. The molecule has 2 rings (SSSR count). The maximum absolute atomic E-state index is 13.4. The molecule has 0 radical (unpaired) electrons. The molecular formula is C16H11F3N2O2. The lowest BCUT2D eigenvalue weighted by Gasteiger charge is -2.26. The highest BCUT2D eigenvalue weighted by Gasteiger charge is 2.52. The van der Waals surface area contributed by atoms with Gasteiger partial charge in [-0.05, 0) is 29.8 Å². The van der Waals surface area contributed by atoms with Crippen LogP contribution in [0.3, 0.4) is 0 Å². The maximum Gasteiger partial charge on any atom is 0.422 e. The van der Waals surface area contributed by atoms with E-state index in [4.69, 9.17) is 5.73 Å². The van der Waals surface area contributed by atoms with Gasteiger partial charge in [-0.15, -0.1) is 0 Å². The van der Waals surface area contributed by atoms with Crippen molar-refractivity contribution in [2.24, 2.45) is 5.73 Å². The summed E-state index contributed by atoms with van der Waals surface area (Å²) in [6.07, 6.45) is -4.84. The average molecular weight is 320 g/mol. The molecule has 2 N–H and O–H groups in total. The molecule has 0 aromatic heterocycles. The number of halogens is 3. The number of alkyl halides is 3. The van der Waals surface area contributed by atoms with Crippen LogP contribution in [0.4, 0.5) is 18.9 Å². The minimum absolute atomic E-state index is 0.325. The molecule has 0 aliphatic carbocycles. The molecule has 1 atom stereocenters. The second-order valence-electron chi connectivity index (χ2n) is 4.73. The fourth-order valence-corrected chi connectivity index (χ4v) is 1.84. The van der Waals surface area contributed by atoms with Gasteiger partial charge in [0, 0.05) is 17.7 Å². The maximum atomic E-state index is 13.4. The van der Waals surface area contributed by atoms with Gasteiger partial charge in [0.15, 0.2) is 5.54 Å². The van der Waals surface area contributed by atoms with Gasteiger partial charge in [0.2, 0.25) is 0 Å². The van der Waals surface area contributed by atoms with E-state index >= 15 is 0 Å². The Hall–Kier alpha value is -2.85. The topological polar surface area (TPSA) is 69.2 Å². The molecular weight excluding hydrogens is 309 g/mol. The molecule has 2 aromatic rings. The van der Waals surface area contributed by atoms with Gasteiger partial charge in [-0.2, -0.15) is 13.2 Å². The Bertz CT molecular complexity index is 762. The predicted molar refractivity (Wildman–Crippen MR) is 78.3 cm³/mol. The molecule has 0 bridgehead atoms. The first-order valence-corrected chi connectivity index (χ1v) is 6.43. The van der Waals surface area contributed by atoms with Gasteiger partial charge in [0.05, 0.1) is 4.92 Å². The van der Waals surface area contributed by atoms with Crippen LogP contribution in [0.25, 0.3) is 0 Å². The summed E-state index contributed by atoms with van der Waals surface area (Å²) in [5.74, 6) is 4.45. The van der Waals surface area contributed by atoms with Crippen LogP contribution in [0.1, 0.15) is 11.1 Å². The number of benzene rings is 2. The summed E-state index contributed by atoms with van der Waals surface area (Å²) in [6.45, 7) is 0. The van der Waals surface area contributed by atoms with Crippen LogP contribution in [-0.2, 0) is 5.54 Å². The second-order valence-corrected chi connectivity index (χ2v) is 4.73. The fraction of sp³-hybridized carbons (Fsp3) is 0.125. The molecule has 0 saturated heterocycles. The van der Waals surface area contributed by atoms with Gasteiger partial charge in [-0.1, -0.05) is 30.0 Å². The van der Waals surface area contributed by atoms with Crippen molar-refractivity contribution in [2.45, 2.75) is 11.7 Å². The van der Waals surface area contributed by atoms with Crippen LogP contribution in [0.15, 0.2) is 54.6 Å². The van der Waals surface area contributed by atoms with Crippen LogP contribution in [0.5, 0.6) is 0 Å². The number of nitro benzene ring substituents is 1. The van der Waals surface area contributed by atoms with Crippen LogP contribution in [0.2, 0.25) is 0 Å². The minimum atomic E-state index is -4.84. The Morgan fingerprint density at radius 3 is 2.04 bits per heavy atom. The summed E-state index contributed by atoms with van der Waals surface area (Å²) < 4.78 is 40.2. The third kappa shape index (κ3) is 3.49. The number of rotatable bonds is 2. The molecule has 1 unspecified atom stereocenters. The Morgan fingerprint density at radius 2 is 1.57 bits per heavy atom. The zero-order valence-electron chi connectivity index (χ0n) is 11.7. The first-order chi connectivity index (χ1) is 10.7. The van der Waals surface area contributed by atoms with E-state index in [1.807, 2.05) is 0 Å². The smallest absolute Gasteiger partial charge is 0.304 e. The Labute approximate surface area is 129 Å². The molecule has 118 valence electrons. The van der Waals surface area contributed by atoms with Gasteiger partial charge in [0.1, 0.15) is 0 Å². The molecule has 23 heavy (non-hydrogen) atoms. The van der Waals surface area contributed by atoms with E-state index in [2.05, 4.69) is 11.8 Å². The average Bonchev–Trinajstić information content (AvgIpc) is 2.52. The first-order valence-electron chi connectivity index (χ1n) is 6.43. The fourth-order valence-electron chi connectivity index (χ4n) is 1.84. The zero-order chi connectivity index (χ0) is 17.1. The molecule has 0 aliphatic heterocycles. The quantitative estimate of drug-likeness (QED) is 0.524. The van der Waals surface area contributed by atoms with E-state index in [9.17, 15) is 23.3 Å². The molecule has 7 heteroatoms. The molecule has 4 nitrogen and oxygen atoms in total. The molecule has 0 amide bonds. The summed E-state index contributed by atoms with van der Waals surface area (Å²) >= 11 is 0. The van der Waals surface area contributed by atoms with Gasteiger partial charge < -0.3 is 5.73 Å². The van der Waals surface area contributed by atoms with E-state index in [0.717, 1.165) is 24.3 Å². The lowest BCUT2D eigenvalue weighted by atomic mass is 9.90. The number of nitrogens with two attached hydrogens (primary N) is 1. The van der Waals surface area contributed by atoms with Crippen LogP contribution in [0, 0.1) is 22.0 Å². The summed E-state index contributed by atoms with van der Waals surface area (Å²) in [5.41, 5.74) is 2.28. The number of nitrogens with zero attached hydrogens (tertiary/aromatic N) is 1. The van der Waals surface area contributed by atoms with Crippen LogP contribution in [-0.4, -0.2) is 11.1 Å². The van der Waals surface area contributed by atoms with Crippen molar-refractivity contribution in [3.63, 3.8) is 0 Å². The number of nitro groups is 1. The van der Waals surface area contributed by atoms with Crippen molar-refractivity contribution < 1.29 is 18.1 Å². The monoisotopic (exact) mass is 320 g/mol. The third-order valence-electron chi connectivity index (χ3n) is 3.16. The Morgan fingerprint density at radius 1 is 1.00 bits per heavy atom. The van der Waals surface area contributed by atoms with Crippen molar-refractivity contribution in [1.29, 1.82) is 0 Å². The van der Waals surface area contributed by atoms with Crippen molar-refractivity contribution in [3.05, 3.63) is 75.8 Å². The third-order valence-corrected chi connectivity index (χ3v) is 3.16. The van der Waals surface area contributed by atoms with E-state index in [1.54, 1.807) is 30.3 Å². The van der Waals surface area contributed by atoms with Gasteiger partial charge in [-0.3, -0.25) is 10.1 Å². The highest BCUT2D eigenvalue weighted by molar-refractivity contribution is 5.45. The number of non-ortho nitro benzene ring substituents is 1. The highest BCUT2D eigenvalue weighted by atomic mass is 19.4. The largest absolute Gasteiger partial charge is 0.422 e.